The minimum absolute atomic E-state index is 0.0770. The van der Waals surface area contributed by atoms with Gasteiger partial charge in [0.25, 0.3) is 0 Å². The molecule has 128 valence electrons. The molecule has 1 atom stereocenters. The van der Waals surface area contributed by atoms with Crippen molar-refractivity contribution in [3.8, 4) is 0 Å². The maximum Gasteiger partial charge on any atom is 0.233 e. The van der Waals surface area contributed by atoms with Crippen molar-refractivity contribution in [2.45, 2.75) is 19.4 Å². The first kappa shape index (κ1) is 16.5. The quantitative estimate of drug-likeness (QED) is 0.894. The summed E-state index contributed by atoms with van der Waals surface area (Å²) in [6.45, 7) is 6.78. The molecule has 2 saturated heterocycles. The van der Waals surface area contributed by atoms with Gasteiger partial charge in [-0.15, -0.1) is 0 Å². The fourth-order valence-electron chi connectivity index (χ4n) is 3.83. The van der Waals surface area contributed by atoms with Crippen LogP contribution in [0.5, 0.6) is 0 Å². The predicted octanol–water partition coefficient (Wildman–Crippen LogP) is 0.940. The number of likely N-dealkylation sites (tertiary alicyclic amines) is 1. The summed E-state index contributed by atoms with van der Waals surface area (Å²) >= 11 is 0. The first-order chi connectivity index (χ1) is 11.2. The largest absolute Gasteiger partial charge is 0.472 e. The van der Waals surface area contributed by atoms with Crippen LogP contribution in [0.25, 0.3) is 0 Å². The molecular formula is C17H27N3O3. The fourth-order valence-corrected chi connectivity index (χ4v) is 3.83. The highest BCUT2D eigenvalue weighted by Crippen LogP contribution is 2.33. The van der Waals surface area contributed by atoms with Crippen molar-refractivity contribution in [1.82, 2.24) is 15.1 Å². The van der Waals surface area contributed by atoms with Crippen LogP contribution in [0.2, 0.25) is 0 Å². The van der Waals surface area contributed by atoms with E-state index in [1.165, 1.54) is 18.4 Å². The van der Waals surface area contributed by atoms with Gasteiger partial charge in [-0.05, 0) is 25.5 Å². The number of piperidine rings is 1. The van der Waals surface area contributed by atoms with E-state index in [0.29, 0.717) is 13.2 Å². The third kappa shape index (κ3) is 4.34. The molecule has 0 aromatic carbocycles. The minimum atomic E-state index is 0.0770. The fraction of sp³-hybridized carbons (Fsp3) is 0.706. The summed E-state index contributed by atoms with van der Waals surface area (Å²) in [6.07, 6.45) is 5.89. The number of nitrogens with one attached hydrogen (secondary N) is 1. The van der Waals surface area contributed by atoms with Crippen LogP contribution in [0.15, 0.2) is 23.0 Å². The highest BCUT2D eigenvalue weighted by molar-refractivity contribution is 5.77. The Labute approximate surface area is 137 Å². The summed E-state index contributed by atoms with van der Waals surface area (Å²) < 4.78 is 11.1. The average Bonchev–Trinajstić information content (AvgIpc) is 2.97. The van der Waals surface area contributed by atoms with E-state index < -0.39 is 0 Å². The summed E-state index contributed by atoms with van der Waals surface area (Å²) in [7, 11) is 1.69. The summed E-state index contributed by atoms with van der Waals surface area (Å²) in [5.74, 6) is 0.0770. The molecule has 1 spiro atoms. The molecule has 2 aliphatic heterocycles. The van der Waals surface area contributed by atoms with E-state index >= 15 is 0 Å². The summed E-state index contributed by atoms with van der Waals surface area (Å²) in [6, 6.07) is 2.03. The molecule has 1 aromatic rings. The van der Waals surface area contributed by atoms with Crippen molar-refractivity contribution < 1.29 is 13.9 Å². The van der Waals surface area contributed by atoms with Crippen LogP contribution >= 0.6 is 0 Å². The number of carbonyl (C=O) groups is 1. The Morgan fingerprint density at radius 1 is 1.35 bits per heavy atom. The average molecular weight is 321 g/mol. The van der Waals surface area contributed by atoms with E-state index in [1.807, 2.05) is 12.3 Å². The third-order valence-corrected chi connectivity index (χ3v) is 4.89. The zero-order valence-electron chi connectivity index (χ0n) is 13.9. The summed E-state index contributed by atoms with van der Waals surface area (Å²) in [4.78, 5) is 16.5. The zero-order chi connectivity index (χ0) is 16.1. The van der Waals surface area contributed by atoms with Crippen molar-refractivity contribution >= 4 is 5.91 Å². The van der Waals surface area contributed by atoms with Gasteiger partial charge in [-0.1, -0.05) is 0 Å². The normalized spacial score (nSPS) is 27.0. The van der Waals surface area contributed by atoms with Gasteiger partial charge in [0.05, 0.1) is 32.3 Å². The lowest BCUT2D eigenvalue weighted by Gasteiger charge is -2.43. The van der Waals surface area contributed by atoms with Gasteiger partial charge in [0.2, 0.25) is 5.91 Å². The maximum atomic E-state index is 11.7. The molecule has 2 fully saturated rings. The highest BCUT2D eigenvalue weighted by Gasteiger charge is 2.39. The number of furan rings is 1. The molecule has 3 rings (SSSR count). The van der Waals surface area contributed by atoms with Gasteiger partial charge < -0.3 is 14.5 Å². The second kappa shape index (κ2) is 7.47. The topological polar surface area (TPSA) is 58.0 Å². The Hall–Kier alpha value is -1.37. The SMILES string of the molecule is CNC(=O)CN1CCOCC2(CCCN(Cc3ccoc3)C2)C1. The predicted molar refractivity (Wildman–Crippen MR) is 87.0 cm³/mol. The number of carbonyl (C=O) groups excluding carboxylic acids is 1. The van der Waals surface area contributed by atoms with Crippen LogP contribution in [-0.4, -0.2) is 68.7 Å². The number of rotatable bonds is 4. The molecule has 1 N–H and O–H groups in total. The molecule has 23 heavy (non-hydrogen) atoms. The van der Waals surface area contributed by atoms with Crippen molar-refractivity contribution in [3.63, 3.8) is 0 Å². The van der Waals surface area contributed by atoms with Crippen LogP contribution in [0.1, 0.15) is 18.4 Å². The third-order valence-electron chi connectivity index (χ3n) is 4.89. The molecule has 1 aromatic heterocycles. The molecule has 0 radical (unpaired) electrons. The first-order valence-corrected chi connectivity index (χ1v) is 8.43. The van der Waals surface area contributed by atoms with E-state index in [9.17, 15) is 4.79 Å². The number of hydrogen-bond acceptors (Lipinski definition) is 5. The number of likely N-dealkylation sites (N-methyl/N-ethyl adjacent to an activating group) is 1. The summed E-state index contributed by atoms with van der Waals surface area (Å²) in [5, 5.41) is 2.72. The van der Waals surface area contributed by atoms with Crippen LogP contribution in [0, 0.1) is 5.41 Å². The highest BCUT2D eigenvalue weighted by atomic mass is 16.5. The van der Waals surface area contributed by atoms with E-state index in [4.69, 9.17) is 9.15 Å². The first-order valence-electron chi connectivity index (χ1n) is 8.43. The lowest BCUT2D eigenvalue weighted by Crippen LogP contribution is -2.51. The van der Waals surface area contributed by atoms with Crippen molar-refractivity contribution in [2.75, 3.05) is 53.0 Å². The van der Waals surface area contributed by atoms with E-state index in [0.717, 1.165) is 39.3 Å². The molecule has 2 aliphatic rings. The maximum absolute atomic E-state index is 11.7. The van der Waals surface area contributed by atoms with E-state index in [1.54, 1.807) is 13.3 Å². The van der Waals surface area contributed by atoms with Crippen molar-refractivity contribution in [3.05, 3.63) is 24.2 Å². The Morgan fingerprint density at radius 2 is 2.22 bits per heavy atom. The Balaban J connectivity index is 1.64. The minimum Gasteiger partial charge on any atom is -0.472 e. The molecule has 1 amide bonds. The molecule has 0 aliphatic carbocycles. The monoisotopic (exact) mass is 321 g/mol. The summed E-state index contributed by atoms with van der Waals surface area (Å²) in [5.41, 5.74) is 1.35. The van der Waals surface area contributed by atoms with E-state index in [-0.39, 0.29) is 11.3 Å². The van der Waals surface area contributed by atoms with Gasteiger partial charge in [0, 0.05) is 44.2 Å². The van der Waals surface area contributed by atoms with Crippen molar-refractivity contribution in [1.29, 1.82) is 0 Å². The Kier molecular flexibility index (Phi) is 5.35. The van der Waals surface area contributed by atoms with Crippen LogP contribution in [-0.2, 0) is 16.1 Å². The molecule has 0 saturated carbocycles. The molecular weight excluding hydrogens is 294 g/mol. The molecule has 6 nitrogen and oxygen atoms in total. The van der Waals surface area contributed by atoms with Gasteiger partial charge in [0.1, 0.15) is 0 Å². The Bertz CT molecular complexity index is 505. The smallest absolute Gasteiger partial charge is 0.233 e. The lowest BCUT2D eigenvalue weighted by atomic mass is 9.80. The number of ether oxygens (including phenoxy) is 1. The molecule has 1 unspecified atom stereocenters. The van der Waals surface area contributed by atoms with Crippen LogP contribution in [0.4, 0.5) is 0 Å². The van der Waals surface area contributed by atoms with Gasteiger partial charge >= 0.3 is 0 Å². The Morgan fingerprint density at radius 3 is 3.00 bits per heavy atom. The van der Waals surface area contributed by atoms with Crippen LogP contribution < -0.4 is 5.32 Å². The zero-order valence-corrected chi connectivity index (χ0v) is 13.9. The van der Waals surface area contributed by atoms with Crippen molar-refractivity contribution in [2.24, 2.45) is 5.41 Å². The van der Waals surface area contributed by atoms with Gasteiger partial charge in [-0.2, -0.15) is 0 Å². The molecule has 6 heteroatoms. The molecule has 0 bridgehead atoms. The lowest BCUT2D eigenvalue weighted by molar-refractivity contribution is -0.122. The molecule has 3 heterocycles. The number of amides is 1. The number of hydrogen-bond donors (Lipinski definition) is 1. The number of nitrogens with zero attached hydrogens (tertiary/aromatic N) is 2. The second-order valence-electron chi connectivity index (χ2n) is 6.88. The van der Waals surface area contributed by atoms with Gasteiger partial charge in [-0.25, -0.2) is 0 Å². The van der Waals surface area contributed by atoms with Gasteiger partial charge in [0.15, 0.2) is 0 Å². The van der Waals surface area contributed by atoms with Crippen LogP contribution in [0.3, 0.4) is 0 Å². The standard InChI is InChI=1S/C17H27N3O3/c1-18-16(21)10-20-6-8-23-14-17(13-20)4-2-5-19(12-17)9-15-3-7-22-11-15/h3,7,11H,2,4-6,8-10,12-14H2,1H3,(H,18,21). The second-order valence-corrected chi connectivity index (χ2v) is 6.88. The van der Waals surface area contributed by atoms with E-state index in [2.05, 4.69) is 15.1 Å². The van der Waals surface area contributed by atoms with Gasteiger partial charge in [-0.3, -0.25) is 14.6 Å².